The average Bonchev–Trinajstić information content (AvgIpc) is 3.35. The van der Waals surface area contributed by atoms with Gasteiger partial charge in [-0.25, -0.2) is 4.98 Å². The van der Waals surface area contributed by atoms with Crippen LogP contribution >= 0.6 is 27.3 Å². The van der Waals surface area contributed by atoms with Gasteiger partial charge < -0.3 is 14.6 Å². The maximum Gasteiger partial charge on any atom is 0.301 e. The third kappa shape index (κ3) is 4.35. The number of hydrogen-bond acceptors (Lipinski definition) is 8. The second-order valence-corrected chi connectivity index (χ2v) is 9.64. The fourth-order valence-corrected chi connectivity index (χ4v) is 5.33. The van der Waals surface area contributed by atoms with Gasteiger partial charge in [0.25, 0.3) is 5.78 Å². The fourth-order valence-electron chi connectivity index (χ4n) is 3.96. The number of methoxy groups -OCH3 is 2. The minimum atomic E-state index is -1.05. The molecule has 2 heterocycles. The Hall–Kier alpha value is -3.50. The summed E-state index contributed by atoms with van der Waals surface area (Å²) < 4.78 is 11.4. The van der Waals surface area contributed by atoms with Crippen molar-refractivity contribution >= 4 is 55.6 Å². The van der Waals surface area contributed by atoms with Crippen LogP contribution in [0.15, 0.2) is 52.5 Å². The highest BCUT2D eigenvalue weighted by Crippen LogP contribution is 2.46. The molecule has 1 aliphatic heterocycles. The molecule has 0 aliphatic carbocycles. The Balaban J connectivity index is 1.99. The zero-order valence-electron chi connectivity index (χ0n) is 19.3. The number of ketones is 2. The molecule has 4 rings (SSSR count). The maximum atomic E-state index is 13.4. The summed E-state index contributed by atoms with van der Waals surface area (Å²) in [5.41, 5.74) is 1.14. The summed E-state index contributed by atoms with van der Waals surface area (Å²) in [6.45, 7) is 3.08. The molecule has 3 aromatic rings. The van der Waals surface area contributed by atoms with E-state index in [0.717, 1.165) is 11.3 Å². The average molecular weight is 557 g/mol. The van der Waals surface area contributed by atoms with E-state index in [-0.39, 0.29) is 22.2 Å². The molecule has 2 aromatic carbocycles. The summed E-state index contributed by atoms with van der Waals surface area (Å²) >= 11 is 4.46. The first-order valence-corrected chi connectivity index (χ1v) is 12.1. The topological polar surface area (TPSA) is 106 Å². The largest absolute Gasteiger partial charge is 0.507 e. The molecule has 1 N–H and O–H groups in total. The van der Waals surface area contributed by atoms with Crippen LogP contribution in [-0.2, 0) is 9.59 Å². The molecule has 1 atom stereocenters. The second-order valence-electron chi connectivity index (χ2n) is 7.75. The SMILES string of the molecule is COc1ccc(C(O)=C2C(=O)C(=O)N(c3nc(C)c(C(C)=O)s3)C2c2cc(Br)ccc2OC)cc1. The Kier molecular flexibility index (Phi) is 6.77. The van der Waals surface area contributed by atoms with Gasteiger partial charge in [-0.15, -0.1) is 0 Å². The van der Waals surface area contributed by atoms with Crippen LogP contribution in [0.25, 0.3) is 5.76 Å². The molecule has 0 saturated carbocycles. The molecule has 1 fully saturated rings. The molecule has 1 saturated heterocycles. The van der Waals surface area contributed by atoms with Crippen molar-refractivity contribution in [3.63, 3.8) is 0 Å². The van der Waals surface area contributed by atoms with Gasteiger partial charge in [-0.3, -0.25) is 19.3 Å². The van der Waals surface area contributed by atoms with E-state index in [1.54, 1.807) is 49.4 Å². The number of hydrogen-bond donors (Lipinski definition) is 1. The molecule has 180 valence electrons. The lowest BCUT2D eigenvalue weighted by molar-refractivity contribution is -0.132. The number of ether oxygens (including phenoxy) is 2. The number of aliphatic hydroxyl groups excluding tert-OH is 1. The van der Waals surface area contributed by atoms with Crippen LogP contribution in [0.2, 0.25) is 0 Å². The number of Topliss-reactive ketones (excluding diaryl/α,β-unsaturated/α-hetero) is 2. The Morgan fingerprint density at radius 2 is 1.80 bits per heavy atom. The number of anilines is 1. The van der Waals surface area contributed by atoms with E-state index in [9.17, 15) is 19.5 Å². The molecule has 0 radical (unpaired) electrons. The van der Waals surface area contributed by atoms with Crippen molar-refractivity contribution in [2.24, 2.45) is 0 Å². The minimum Gasteiger partial charge on any atom is -0.507 e. The van der Waals surface area contributed by atoms with Gasteiger partial charge in [-0.2, -0.15) is 0 Å². The lowest BCUT2D eigenvalue weighted by Crippen LogP contribution is -2.29. The molecule has 10 heteroatoms. The van der Waals surface area contributed by atoms with E-state index >= 15 is 0 Å². The highest BCUT2D eigenvalue weighted by atomic mass is 79.9. The van der Waals surface area contributed by atoms with Crippen molar-refractivity contribution in [1.29, 1.82) is 0 Å². The summed E-state index contributed by atoms with van der Waals surface area (Å²) in [5.74, 6) is -1.30. The number of carbonyl (C=O) groups is 3. The summed E-state index contributed by atoms with van der Waals surface area (Å²) in [5, 5.41) is 11.4. The number of amides is 1. The summed E-state index contributed by atoms with van der Waals surface area (Å²) in [4.78, 5) is 44.8. The molecule has 8 nitrogen and oxygen atoms in total. The van der Waals surface area contributed by atoms with Crippen LogP contribution in [0.4, 0.5) is 5.13 Å². The molecular formula is C25H21BrN2O6S. The number of benzene rings is 2. The molecule has 1 aliphatic rings. The lowest BCUT2D eigenvalue weighted by Gasteiger charge is -2.24. The van der Waals surface area contributed by atoms with Crippen molar-refractivity contribution in [2.45, 2.75) is 19.9 Å². The van der Waals surface area contributed by atoms with E-state index in [4.69, 9.17) is 9.47 Å². The molecule has 0 spiro atoms. The lowest BCUT2D eigenvalue weighted by atomic mass is 9.94. The van der Waals surface area contributed by atoms with Crippen LogP contribution in [0.5, 0.6) is 11.5 Å². The van der Waals surface area contributed by atoms with E-state index < -0.39 is 17.7 Å². The highest BCUT2D eigenvalue weighted by Gasteiger charge is 2.49. The number of rotatable bonds is 6. The quantitative estimate of drug-likeness (QED) is 0.196. The number of halogens is 1. The standard InChI is InChI=1S/C25H21BrN2O6S/c1-12-23(13(2)29)35-25(27-12)28-20(17-11-15(26)7-10-18(17)34-4)19(22(31)24(28)32)21(30)14-5-8-16(33-3)9-6-14/h5-11,20,30H,1-4H3. The van der Waals surface area contributed by atoms with Gasteiger partial charge in [-0.05, 0) is 49.4 Å². The van der Waals surface area contributed by atoms with Crippen LogP contribution in [0.3, 0.4) is 0 Å². The van der Waals surface area contributed by atoms with Crippen molar-refractivity contribution in [2.75, 3.05) is 19.1 Å². The first-order valence-electron chi connectivity index (χ1n) is 10.4. The van der Waals surface area contributed by atoms with Gasteiger partial charge in [0.15, 0.2) is 10.9 Å². The summed E-state index contributed by atoms with van der Waals surface area (Å²) in [7, 11) is 3.00. The Morgan fingerprint density at radius 1 is 1.11 bits per heavy atom. The predicted molar refractivity (Wildman–Crippen MR) is 135 cm³/mol. The van der Waals surface area contributed by atoms with Gasteiger partial charge in [0.05, 0.1) is 30.4 Å². The zero-order valence-corrected chi connectivity index (χ0v) is 21.7. The van der Waals surface area contributed by atoms with Gasteiger partial charge in [-0.1, -0.05) is 27.3 Å². The van der Waals surface area contributed by atoms with Gasteiger partial charge in [0.2, 0.25) is 0 Å². The first kappa shape index (κ1) is 24.6. The number of aliphatic hydroxyl groups is 1. The van der Waals surface area contributed by atoms with Crippen molar-refractivity contribution in [3.8, 4) is 11.5 Å². The van der Waals surface area contributed by atoms with E-state index in [2.05, 4.69) is 20.9 Å². The minimum absolute atomic E-state index is 0.117. The molecule has 35 heavy (non-hydrogen) atoms. The predicted octanol–water partition coefficient (Wildman–Crippen LogP) is 5.06. The van der Waals surface area contributed by atoms with Crippen LogP contribution < -0.4 is 14.4 Å². The number of thiazole rings is 1. The molecule has 1 amide bonds. The third-order valence-corrected chi connectivity index (χ3v) is 7.36. The Labute approximate surface area is 213 Å². The molecule has 1 aromatic heterocycles. The Morgan fingerprint density at radius 3 is 2.37 bits per heavy atom. The van der Waals surface area contributed by atoms with Crippen molar-refractivity contribution in [3.05, 3.63) is 74.2 Å². The van der Waals surface area contributed by atoms with E-state index in [1.807, 2.05) is 0 Å². The van der Waals surface area contributed by atoms with Gasteiger partial charge in [0.1, 0.15) is 23.3 Å². The molecule has 0 bridgehead atoms. The van der Waals surface area contributed by atoms with Crippen LogP contribution in [-0.4, -0.2) is 41.8 Å². The first-order chi connectivity index (χ1) is 16.7. The van der Waals surface area contributed by atoms with Crippen molar-refractivity contribution < 1.29 is 29.0 Å². The maximum absolute atomic E-state index is 13.4. The fraction of sp³-hybridized carbons (Fsp3) is 0.200. The van der Waals surface area contributed by atoms with Gasteiger partial charge >= 0.3 is 5.91 Å². The van der Waals surface area contributed by atoms with Gasteiger partial charge in [0, 0.05) is 22.5 Å². The number of nitrogens with zero attached hydrogens (tertiary/aromatic N) is 2. The van der Waals surface area contributed by atoms with E-state index in [1.165, 1.54) is 26.0 Å². The second kappa shape index (κ2) is 9.63. The molecular weight excluding hydrogens is 536 g/mol. The zero-order chi connectivity index (χ0) is 25.4. The summed E-state index contributed by atoms with van der Waals surface area (Å²) in [6.07, 6.45) is 0. The number of carbonyl (C=O) groups excluding carboxylic acids is 3. The van der Waals surface area contributed by atoms with Crippen molar-refractivity contribution in [1.82, 2.24) is 4.98 Å². The smallest absolute Gasteiger partial charge is 0.301 e. The number of aromatic nitrogens is 1. The Bertz CT molecular complexity index is 1380. The highest BCUT2D eigenvalue weighted by molar-refractivity contribution is 9.10. The molecule has 1 unspecified atom stereocenters. The summed E-state index contributed by atoms with van der Waals surface area (Å²) in [6, 6.07) is 10.6. The van der Waals surface area contributed by atoms with Crippen LogP contribution in [0, 0.1) is 6.92 Å². The normalized spacial score (nSPS) is 17.1. The number of aryl methyl sites for hydroxylation is 1. The van der Waals surface area contributed by atoms with Crippen LogP contribution in [0.1, 0.15) is 39.5 Å². The third-order valence-electron chi connectivity index (χ3n) is 5.61. The monoisotopic (exact) mass is 556 g/mol. The van der Waals surface area contributed by atoms with E-state index in [0.29, 0.717) is 37.7 Å².